The predicted molar refractivity (Wildman–Crippen MR) is 69.7 cm³/mol. The van der Waals surface area contributed by atoms with Crippen molar-refractivity contribution in [1.82, 2.24) is 4.98 Å². The van der Waals surface area contributed by atoms with Gasteiger partial charge in [-0.3, -0.25) is 0 Å². The summed E-state index contributed by atoms with van der Waals surface area (Å²) in [6.45, 7) is 0. The molecule has 0 radical (unpaired) electrons. The number of hydrazine groups is 1. The van der Waals surface area contributed by atoms with E-state index >= 15 is 0 Å². The van der Waals surface area contributed by atoms with E-state index in [4.69, 9.17) is 5.84 Å². The van der Waals surface area contributed by atoms with E-state index in [9.17, 15) is 5.11 Å². The molecule has 1 aromatic heterocycles. The first-order chi connectivity index (χ1) is 8.28. The second-order valence-corrected chi connectivity index (χ2v) is 4.49. The van der Waals surface area contributed by atoms with Crippen molar-refractivity contribution >= 4 is 17.6 Å². The van der Waals surface area contributed by atoms with Crippen molar-refractivity contribution in [3.05, 3.63) is 48.2 Å². The highest BCUT2D eigenvalue weighted by atomic mass is 32.2. The third kappa shape index (κ3) is 3.37. The van der Waals surface area contributed by atoms with E-state index in [1.807, 2.05) is 30.3 Å². The third-order valence-corrected chi connectivity index (χ3v) is 3.19. The topological polar surface area (TPSA) is 71.2 Å². The van der Waals surface area contributed by atoms with Crippen LogP contribution in [0, 0.1) is 0 Å². The van der Waals surface area contributed by atoms with Crippen molar-refractivity contribution in [1.29, 1.82) is 0 Å². The van der Waals surface area contributed by atoms with Gasteiger partial charge in [0, 0.05) is 10.6 Å². The minimum atomic E-state index is 0.278. The molecule has 0 aliphatic rings. The summed E-state index contributed by atoms with van der Waals surface area (Å²) in [5, 5.41) is 9.34. The largest absolute Gasteiger partial charge is 0.508 e. The number of benzene rings is 1. The van der Waals surface area contributed by atoms with E-state index in [1.54, 1.807) is 23.9 Å². The molecule has 88 valence electrons. The first-order valence-electron chi connectivity index (χ1n) is 5.12. The Kier molecular flexibility index (Phi) is 3.85. The Morgan fingerprint density at radius 3 is 2.82 bits per heavy atom. The molecule has 5 heteroatoms. The van der Waals surface area contributed by atoms with Gasteiger partial charge in [0.05, 0.1) is 5.69 Å². The molecule has 2 aromatic rings. The van der Waals surface area contributed by atoms with Gasteiger partial charge in [0.15, 0.2) is 0 Å². The molecule has 2 rings (SSSR count). The number of pyridine rings is 1. The highest BCUT2D eigenvalue weighted by molar-refractivity contribution is 7.98. The van der Waals surface area contributed by atoms with Crippen molar-refractivity contribution in [3.63, 3.8) is 0 Å². The van der Waals surface area contributed by atoms with Crippen molar-refractivity contribution in [2.24, 2.45) is 5.84 Å². The molecule has 0 fully saturated rings. The van der Waals surface area contributed by atoms with Crippen LogP contribution in [0.25, 0.3) is 0 Å². The van der Waals surface area contributed by atoms with Crippen LogP contribution < -0.4 is 11.3 Å². The Morgan fingerprint density at radius 2 is 2.06 bits per heavy atom. The van der Waals surface area contributed by atoms with E-state index in [0.717, 1.165) is 16.3 Å². The average Bonchev–Trinajstić information content (AvgIpc) is 2.37. The average molecular weight is 247 g/mol. The van der Waals surface area contributed by atoms with Gasteiger partial charge in [0.2, 0.25) is 0 Å². The zero-order valence-electron chi connectivity index (χ0n) is 9.13. The van der Waals surface area contributed by atoms with Gasteiger partial charge in [-0.1, -0.05) is 12.1 Å². The molecule has 1 aromatic carbocycles. The van der Waals surface area contributed by atoms with Crippen LogP contribution in [0.2, 0.25) is 0 Å². The summed E-state index contributed by atoms with van der Waals surface area (Å²) < 4.78 is 0. The minimum absolute atomic E-state index is 0.278. The molecule has 0 spiro atoms. The van der Waals surface area contributed by atoms with Gasteiger partial charge in [0.1, 0.15) is 11.6 Å². The van der Waals surface area contributed by atoms with E-state index < -0.39 is 0 Å². The number of nitrogen functional groups attached to an aromatic ring is 1. The zero-order valence-corrected chi connectivity index (χ0v) is 9.95. The molecule has 0 saturated heterocycles. The highest BCUT2D eigenvalue weighted by Crippen LogP contribution is 2.25. The summed E-state index contributed by atoms with van der Waals surface area (Å²) in [5.74, 6) is 6.96. The van der Waals surface area contributed by atoms with Crippen LogP contribution >= 0.6 is 11.8 Å². The van der Waals surface area contributed by atoms with Crippen LogP contribution in [-0.2, 0) is 5.75 Å². The molecule has 0 atom stereocenters. The molecule has 0 amide bonds. The summed E-state index contributed by atoms with van der Waals surface area (Å²) in [7, 11) is 0. The fourth-order valence-corrected chi connectivity index (χ4v) is 2.23. The number of hydrogen-bond donors (Lipinski definition) is 3. The van der Waals surface area contributed by atoms with E-state index in [1.165, 1.54) is 0 Å². The number of nitrogens with two attached hydrogens (primary N) is 1. The quantitative estimate of drug-likeness (QED) is 0.439. The zero-order chi connectivity index (χ0) is 12.1. The molecular weight excluding hydrogens is 234 g/mol. The summed E-state index contributed by atoms with van der Waals surface area (Å²) in [6.07, 6.45) is 0. The lowest BCUT2D eigenvalue weighted by Gasteiger charge is -2.04. The lowest BCUT2D eigenvalue weighted by Crippen LogP contribution is -2.08. The molecule has 0 bridgehead atoms. The SMILES string of the molecule is NNc1cccc(CSc2cccc(O)c2)n1. The maximum Gasteiger partial charge on any atom is 0.140 e. The normalized spacial score (nSPS) is 10.2. The van der Waals surface area contributed by atoms with Gasteiger partial charge in [-0.15, -0.1) is 11.8 Å². The summed E-state index contributed by atoms with van der Waals surface area (Å²) in [5.41, 5.74) is 3.45. The number of hydrogen-bond acceptors (Lipinski definition) is 5. The molecular formula is C12H13N3OS. The summed E-state index contributed by atoms with van der Waals surface area (Å²) >= 11 is 1.62. The summed E-state index contributed by atoms with van der Waals surface area (Å²) in [4.78, 5) is 5.32. The van der Waals surface area contributed by atoms with Crippen LogP contribution in [-0.4, -0.2) is 10.1 Å². The fourth-order valence-electron chi connectivity index (χ4n) is 1.37. The van der Waals surface area contributed by atoms with Gasteiger partial charge < -0.3 is 10.5 Å². The first-order valence-corrected chi connectivity index (χ1v) is 6.11. The number of nitrogens with zero attached hydrogens (tertiary/aromatic N) is 1. The first kappa shape index (κ1) is 11.8. The number of thioether (sulfide) groups is 1. The smallest absolute Gasteiger partial charge is 0.140 e. The molecule has 4 N–H and O–H groups in total. The molecule has 0 aliphatic heterocycles. The molecule has 17 heavy (non-hydrogen) atoms. The lowest BCUT2D eigenvalue weighted by molar-refractivity contribution is 0.474. The predicted octanol–water partition coefficient (Wildman–Crippen LogP) is 2.37. The molecule has 0 saturated carbocycles. The number of aromatic hydroxyl groups is 1. The lowest BCUT2D eigenvalue weighted by atomic mass is 10.3. The maximum absolute atomic E-state index is 9.34. The van der Waals surface area contributed by atoms with Crippen LogP contribution in [0.5, 0.6) is 5.75 Å². The van der Waals surface area contributed by atoms with Crippen LogP contribution in [0.4, 0.5) is 5.82 Å². The van der Waals surface area contributed by atoms with Gasteiger partial charge in [0.25, 0.3) is 0 Å². The van der Waals surface area contributed by atoms with E-state index in [-0.39, 0.29) is 5.75 Å². The Labute approximate surface area is 104 Å². The summed E-state index contributed by atoms with van der Waals surface area (Å²) in [6, 6.07) is 12.8. The van der Waals surface area contributed by atoms with Crippen molar-refractivity contribution in [3.8, 4) is 5.75 Å². The Balaban J connectivity index is 2.02. The maximum atomic E-state index is 9.34. The second kappa shape index (κ2) is 5.56. The van der Waals surface area contributed by atoms with Crippen molar-refractivity contribution in [2.75, 3.05) is 5.43 Å². The van der Waals surface area contributed by atoms with E-state index in [0.29, 0.717) is 5.82 Å². The second-order valence-electron chi connectivity index (χ2n) is 3.44. The van der Waals surface area contributed by atoms with Crippen molar-refractivity contribution in [2.45, 2.75) is 10.6 Å². The van der Waals surface area contributed by atoms with Gasteiger partial charge >= 0.3 is 0 Å². The Bertz CT molecular complexity index is 505. The highest BCUT2D eigenvalue weighted by Gasteiger charge is 1.99. The van der Waals surface area contributed by atoms with Crippen LogP contribution in [0.15, 0.2) is 47.4 Å². The molecule has 1 heterocycles. The number of aromatic nitrogens is 1. The number of phenols is 1. The van der Waals surface area contributed by atoms with Crippen LogP contribution in [0.1, 0.15) is 5.69 Å². The molecule has 0 unspecified atom stereocenters. The fraction of sp³-hybridized carbons (Fsp3) is 0.0833. The minimum Gasteiger partial charge on any atom is -0.508 e. The van der Waals surface area contributed by atoms with Gasteiger partial charge in [-0.05, 0) is 30.3 Å². The number of nitrogens with one attached hydrogen (secondary N) is 1. The standard InChI is InChI=1S/C12H13N3OS/c13-15-12-6-1-3-9(14-12)8-17-11-5-2-4-10(16)7-11/h1-7,16H,8,13H2,(H,14,15). The van der Waals surface area contributed by atoms with Crippen LogP contribution in [0.3, 0.4) is 0 Å². The van der Waals surface area contributed by atoms with E-state index in [2.05, 4.69) is 10.4 Å². The number of anilines is 1. The number of phenolic OH excluding ortho intramolecular Hbond substituents is 1. The molecule has 0 aliphatic carbocycles. The number of rotatable bonds is 4. The van der Waals surface area contributed by atoms with Crippen molar-refractivity contribution < 1.29 is 5.11 Å². The Hall–Kier alpha value is -1.72. The Morgan fingerprint density at radius 1 is 1.24 bits per heavy atom. The monoisotopic (exact) mass is 247 g/mol. The third-order valence-electron chi connectivity index (χ3n) is 2.16. The van der Waals surface area contributed by atoms with Gasteiger partial charge in [-0.2, -0.15) is 0 Å². The van der Waals surface area contributed by atoms with Gasteiger partial charge in [-0.25, -0.2) is 10.8 Å². The molecule has 4 nitrogen and oxygen atoms in total.